The predicted molar refractivity (Wildman–Crippen MR) is 85.8 cm³/mol. The molecule has 0 spiro atoms. The number of carboxylic acids is 1. The summed E-state index contributed by atoms with van der Waals surface area (Å²) < 4.78 is 10.7. The molecule has 0 fully saturated rings. The fourth-order valence-corrected chi connectivity index (χ4v) is 2.50. The van der Waals surface area contributed by atoms with Gasteiger partial charge in [0.25, 0.3) is 0 Å². The van der Waals surface area contributed by atoms with Gasteiger partial charge in [-0.2, -0.15) is 0 Å². The summed E-state index contributed by atoms with van der Waals surface area (Å²) in [5, 5.41) is 10.2. The lowest BCUT2D eigenvalue weighted by Crippen LogP contribution is -2.06. The van der Waals surface area contributed by atoms with Crippen molar-refractivity contribution < 1.29 is 19.4 Å². The maximum absolute atomic E-state index is 11.3. The van der Waals surface area contributed by atoms with Crippen LogP contribution in [0, 0.1) is 0 Å². The van der Waals surface area contributed by atoms with Crippen molar-refractivity contribution in [3.63, 3.8) is 0 Å². The largest absolute Gasteiger partial charge is 0.493 e. The van der Waals surface area contributed by atoms with E-state index < -0.39 is 5.97 Å². The van der Waals surface area contributed by atoms with Crippen molar-refractivity contribution in [3.8, 4) is 11.5 Å². The molecular weight excluding hydrogens is 351 g/mol. The molecule has 2 aromatic carbocycles. The molecule has 0 aromatic heterocycles. The Bertz CT molecular complexity index is 716. The lowest BCUT2D eigenvalue weighted by Gasteiger charge is -2.14. The fourth-order valence-electron chi connectivity index (χ4n) is 1.84. The van der Waals surface area contributed by atoms with E-state index in [0.717, 1.165) is 0 Å². The van der Waals surface area contributed by atoms with Crippen molar-refractivity contribution in [1.82, 2.24) is 0 Å². The second kappa shape index (κ2) is 7.09. The molecule has 0 unspecified atom stereocenters. The van der Waals surface area contributed by atoms with Crippen molar-refractivity contribution in [2.24, 2.45) is 0 Å². The molecule has 0 aliphatic heterocycles. The van der Waals surface area contributed by atoms with Crippen LogP contribution < -0.4 is 9.47 Å². The Labute approximate surface area is 142 Å². The van der Waals surface area contributed by atoms with E-state index in [2.05, 4.69) is 0 Å². The second-order valence-electron chi connectivity index (χ2n) is 4.25. The van der Waals surface area contributed by atoms with Crippen LogP contribution in [-0.4, -0.2) is 18.2 Å². The maximum Gasteiger partial charge on any atom is 0.339 e. The number of halogens is 3. The highest BCUT2D eigenvalue weighted by atomic mass is 35.5. The molecule has 4 nitrogen and oxygen atoms in total. The quantitative estimate of drug-likeness (QED) is 0.767. The Balaban J connectivity index is 2.37. The van der Waals surface area contributed by atoms with Crippen LogP contribution in [0.25, 0.3) is 0 Å². The molecular formula is C15H11Cl3O4. The lowest BCUT2D eigenvalue weighted by molar-refractivity contribution is 0.0691. The standard InChI is InChI=1S/C15H11Cl3O4/c1-21-12-4-2-3-8(15(19)20)14(12)22-7-9-10(16)5-6-11(17)13(9)18/h2-6H,7H2,1H3,(H,19,20). The third kappa shape index (κ3) is 3.40. The lowest BCUT2D eigenvalue weighted by atomic mass is 10.2. The fraction of sp³-hybridized carbons (Fsp3) is 0.133. The first-order valence-electron chi connectivity index (χ1n) is 6.11. The highest BCUT2D eigenvalue weighted by Crippen LogP contribution is 2.35. The van der Waals surface area contributed by atoms with E-state index in [4.69, 9.17) is 44.3 Å². The van der Waals surface area contributed by atoms with Gasteiger partial charge in [-0.15, -0.1) is 0 Å². The minimum absolute atomic E-state index is 0.0198. The van der Waals surface area contributed by atoms with Crippen LogP contribution in [0.15, 0.2) is 30.3 Å². The van der Waals surface area contributed by atoms with Gasteiger partial charge in [-0.25, -0.2) is 4.79 Å². The number of ether oxygens (including phenoxy) is 2. The summed E-state index contributed by atoms with van der Waals surface area (Å²) in [6.07, 6.45) is 0. The van der Waals surface area contributed by atoms with Crippen molar-refractivity contribution >= 4 is 40.8 Å². The minimum atomic E-state index is -1.13. The third-order valence-electron chi connectivity index (χ3n) is 2.93. The zero-order chi connectivity index (χ0) is 16.3. The van der Waals surface area contributed by atoms with Crippen LogP contribution in [0.4, 0.5) is 0 Å². The zero-order valence-electron chi connectivity index (χ0n) is 11.4. The molecule has 22 heavy (non-hydrogen) atoms. The average Bonchev–Trinajstić information content (AvgIpc) is 2.50. The first kappa shape index (κ1) is 16.7. The molecule has 7 heteroatoms. The molecule has 0 saturated heterocycles. The molecule has 2 rings (SSSR count). The molecule has 0 aliphatic rings. The van der Waals surface area contributed by atoms with Crippen molar-refractivity contribution in [1.29, 1.82) is 0 Å². The summed E-state index contributed by atoms with van der Waals surface area (Å²) >= 11 is 18.1. The van der Waals surface area contributed by atoms with Crippen LogP contribution in [-0.2, 0) is 6.61 Å². The molecule has 0 aliphatic carbocycles. The van der Waals surface area contributed by atoms with Gasteiger partial charge in [-0.1, -0.05) is 40.9 Å². The third-order valence-corrected chi connectivity index (χ3v) is 4.13. The van der Waals surface area contributed by atoms with E-state index >= 15 is 0 Å². The second-order valence-corrected chi connectivity index (χ2v) is 5.44. The Morgan fingerprint density at radius 3 is 2.45 bits per heavy atom. The smallest absolute Gasteiger partial charge is 0.339 e. The number of hydrogen-bond acceptors (Lipinski definition) is 3. The van der Waals surface area contributed by atoms with Gasteiger partial charge in [0, 0.05) is 10.6 Å². The first-order valence-corrected chi connectivity index (χ1v) is 7.24. The summed E-state index contributed by atoms with van der Waals surface area (Å²) in [7, 11) is 1.42. The monoisotopic (exact) mass is 360 g/mol. The van der Waals surface area contributed by atoms with E-state index in [1.54, 1.807) is 24.3 Å². The first-order chi connectivity index (χ1) is 10.5. The Kier molecular flexibility index (Phi) is 5.40. The molecule has 1 N–H and O–H groups in total. The number of para-hydroxylation sites is 1. The SMILES string of the molecule is COc1cccc(C(=O)O)c1OCc1c(Cl)ccc(Cl)c1Cl. The van der Waals surface area contributed by atoms with Crippen molar-refractivity contribution in [2.75, 3.05) is 7.11 Å². The summed E-state index contributed by atoms with van der Waals surface area (Å²) in [5.74, 6) is -0.726. The maximum atomic E-state index is 11.3. The highest BCUT2D eigenvalue weighted by molar-refractivity contribution is 6.44. The number of aromatic carboxylic acids is 1. The van der Waals surface area contributed by atoms with Crippen molar-refractivity contribution in [2.45, 2.75) is 6.61 Å². The number of carbonyl (C=O) groups is 1. The van der Waals surface area contributed by atoms with Gasteiger partial charge >= 0.3 is 5.97 Å². The summed E-state index contributed by atoms with van der Waals surface area (Å²) in [5.41, 5.74) is 0.451. The Hall–Kier alpha value is -1.62. The summed E-state index contributed by atoms with van der Waals surface area (Å²) in [4.78, 5) is 11.3. The molecule has 0 amide bonds. The van der Waals surface area contributed by atoms with Gasteiger partial charge in [-0.3, -0.25) is 0 Å². The Morgan fingerprint density at radius 2 is 1.82 bits per heavy atom. The molecule has 0 atom stereocenters. The van der Waals surface area contributed by atoms with Crippen LogP contribution >= 0.6 is 34.8 Å². The number of benzene rings is 2. The van der Waals surface area contributed by atoms with E-state index in [9.17, 15) is 9.90 Å². The highest BCUT2D eigenvalue weighted by Gasteiger charge is 2.18. The van der Waals surface area contributed by atoms with Crippen LogP contribution in [0.3, 0.4) is 0 Å². The number of carboxylic acid groups (broad SMARTS) is 1. The van der Waals surface area contributed by atoms with Gasteiger partial charge in [-0.05, 0) is 24.3 Å². The number of methoxy groups -OCH3 is 1. The summed E-state index contributed by atoms with van der Waals surface area (Å²) in [6.45, 7) is -0.0428. The molecule has 0 saturated carbocycles. The van der Waals surface area contributed by atoms with Crippen molar-refractivity contribution in [3.05, 3.63) is 56.5 Å². The number of rotatable bonds is 5. The van der Waals surface area contributed by atoms with Crippen LogP contribution in [0.2, 0.25) is 15.1 Å². The van der Waals surface area contributed by atoms with Crippen LogP contribution in [0.5, 0.6) is 11.5 Å². The number of hydrogen-bond donors (Lipinski definition) is 1. The molecule has 2 aromatic rings. The topological polar surface area (TPSA) is 55.8 Å². The van der Waals surface area contributed by atoms with E-state index in [0.29, 0.717) is 21.4 Å². The Morgan fingerprint density at radius 1 is 1.14 bits per heavy atom. The minimum Gasteiger partial charge on any atom is -0.493 e. The predicted octanol–water partition coefficient (Wildman–Crippen LogP) is 4.93. The van der Waals surface area contributed by atoms with Gasteiger partial charge in [0.1, 0.15) is 12.2 Å². The average molecular weight is 362 g/mol. The van der Waals surface area contributed by atoms with Gasteiger partial charge < -0.3 is 14.6 Å². The summed E-state index contributed by atoms with van der Waals surface area (Å²) in [6, 6.07) is 7.75. The molecule has 0 bridgehead atoms. The van der Waals surface area contributed by atoms with E-state index in [1.165, 1.54) is 13.2 Å². The van der Waals surface area contributed by atoms with Gasteiger partial charge in [0.2, 0.25) is 0 Å². The molecule has 0 heterocycles. The molecule has 116 valence electrons. The normalized spacial score (nSPS) is 10.4. The molecule has 0 radical (unpaired) electrons. The zero-order valence-corrected chi connectivity index (χ0v) is 13.7. The van der Waals surface area contributed by atoms with E-state index in [1.807, 2.05) is 0 Å². The van der Waals surface area contributed by atoms with Gasteiger partial charge in [0.15, 0.2) is 11.5 Å². The van der Waals surface area contributed by atoms with Crippen LogP contribution in [0.1, 0.15) is 15.9 Å². The van der Waals surface area contributed by atoms with Gasteiger partial charge in [0.05, 0.1) is 17.2 Å². The van der Waals surface area contributed by atoms with E-state index in [-0.39, 0.29) is 22.9 Å².